The SMILES string of the molecule is Clc1ccc2cc3cccc[n+]3cc2c1.[Br-]. The van der Waals surface area contributed by atoms with E-state index in [0.29, 0.717) is 0 Å². The number of aromatic nitrogens is 1. The van der Waals surface area contributed by atoms with Crippen LogP contribution in [0, 0.1) is 0 Å². The fourth-order valence-electron chi connectivity index (χ4n) is 1.81. The van der Waals surface area contributed by atoms with Crippen molar-refractivity contribution in [3.63, 3.8) is 0 Å². The minimum Gasteiger partial charge on any atom is -1.00 e. The first-order chi connectivity index (χ1) is 7.33. The van der Waals surface area contributed by atoms with Crippen LogP contribution in [0.25, 0.3) is 16.3 Å². The normalized spacial score (nSPS) is 10.3. The predicted molar refractivity (Wildman–Crippen MR) is 62.1 cm³/mol. The molecule has 0 aliphatic carbocycles. The standard InChI is InChI=1S/C13H9ClN.BrH/c14-12-5-4-10-8-13-3-1-2-6-15(13)9-11(10)7-12;/h1-9H;1H/q+1;/p-1. The molecule has 3 heteroatoms. The van der Waals surface area contributed by atoms with Crippen molar-refractivity contribution < 1.29 is 21.4 Å². The molecule has 1 aromatic carbocycles. The average molecular weight is 295 g/mol. The van der Waals surface area contributed by atoms with Gasteiger partial charge in [0.2, 0.25) is 5.52 Å². The van der Waals surface area contributed by atoms with E-state index >= 15 is 0 Å². The minimum absolute atomic E-state index is 0. The maximum absolute atomic E-state index is 5.96. The van der Waals surface area contributed by atoms with Crippen LogP contribution in [0.2, 0.25) is 5.02 Å². The van der Waals surface area contributed by atoms with Crippen LogP contribution in [-0.4, -0.2) is 0 Å². The number of hydrogen-bond acceptors (Lipinski definition) is 0. The Balaban J connectivity index is 0.000000963. The van der Waals surface area contributed by atoms with Gasteiger partial charge in [-0.2, -0.15) is 4.40 Å². The molecule has 0 saturated heterocycles. The lowest BCUT2D eigenvalue weighted by Crippen LogP contribution is -3.00. The molecule has 16 heavy (non-hydrogen) atoms. The van der Waals surface area contributed by atoms with E-state index in [9.17, 15) is 0 Å². The zero-order valence-corrected chi connectivity index (χ0v) is 10.7. The third-order valence-electron chi connectivity index (χ3n) is 2.55. The van der Waals surface area contributed by atoms with E-state index in [-0.39, 0.29) is 17.0 Å². The third kappa shape index (κ3) is 1.91. The number of halogens is 2. The highest BCUT2D eigenvalue weighted by Gasteiger charge is 2.03. The number of rotatable bonds is 0. The van der Waals surface area contributed by atoms with Crippen LogP contribution >= 0.6 is 11.6 Å². The molecular formula is C13H9BrClN. The van der Waals surface area contributed by atoms with Crippen LogP contribution in [0.5, 0.6) is 0 Å². The summed E-state index contributed by atoms with van der Waals surface area (Å²) in [6.07, 6.45) is 4.13. The first kappa shape index (κ1) is 11.4. The summed E-state index contributed by atoms with van der Waals surface area (Å²) in [6, 6.07) is 14.3. The van der Waals surface area contributed by atoms with Crippen molar-refractivity contribution in [2.24, 2.45) is 0 Å². The summed E-state index contributed by atoms with van der Waals surface area (Å²) in [5.74, 6) is 0. The van der Waals surface area contributed by atoms with Crippen molar-refractivity contribution in [1.29, 1.82) is 0 Å². The summed E-state index contributed by atoms with van der Waals surface area (Å²) in [5, 5.41) is 3.15. The highest BCUT2D eigenvalue weighted by Crippen LogP contribution is 2.18. The maximum Gasteiger partial charge on any atom is 0.211 e. The molecule has 0 unspecified atom stereocenters. The van der Waals surface area contributed by atoms with Crippen LogP contribution in [0.1, 0.15) is 0 Å². The Labute approximate surface area is 109 Å². The molecule has 0 aliphatic heterocycles. The van der Waals surface area contributed by atoms with Gasteiger partial charge in [-0.25, -0.2) is 0 Å². The van der Waals surface area contributed by atoms with E-state index in [1.807, 2.05) is 36.5 Å². The van der Waals surface area contributed by atoms with Crippen LogP contribution in [0.15, 0.2) is 54.9 Å². The van der Waals surface area contributed by atoms with Gasteiger partial charge in [-0.05, 0) is 23.6 Å². The van der Waals surface area contributed by atoms with Crippen molar-refractivity contribution in [2.45, 2.75) is 0 Å². The molecule has 2 aromatic heterocycles. The molecule has 0 amide bonds. The second kappa shape index (κ2) is 4.40. The molecular weight excluding hydrogens is 286 g/mol. The minimum atomic E-state index is 0. The van der Waals surface area contributed by atoms with Gasteiger partial charge in [-0.3, -0.25) is 0 Å². The van der Waals surface area contributed by atoms with E-state index in [1.165, 1.54) is 10.9 Å². The number of fused-ring (bicyclic) bond motifs is 2. The van der Waals surface area contributed by atoms with Gasteiger partial charge >= 0.3 is 0 Å². The number of benzene rings is 1. The molecule has 0 saturated carbocycles. The fourth-order valence-corrected chi connectivity index (χ4v) is 1.99. The van der Waals surface area contributed by atoms with Gasteiger partial charge in [0.1, 0.15) is 0 Å². The summed E-state index contributed by atoms with van der Waals surface area (Å²) in [7, 11) is 0. The molecule has 2 heterocycles. The zero-order chi connectivity index (χ0) is 10.3. The van der Waals surface area contributed by atoms with E-state index < -0.39 is 0 Å². The molecule has 0 spiro atoms. The Morgan fingerprint density at radius 2 is 1.81 bits per heavy atom. The molecule has 0 atom stereocenters. The van der Waals surface area contributed by atoms with Gasteiger partial charge < -0.3 is 17.0 Å². The third-order valence-corrected chi connectivity index (χ3v) is 2.79. The molecule has 1 nitrogen and oxygen atoms in total. The van der Waals surface area contributed by atoms with Gasteiger partial charge in [-0.15, -0.1) is 0 Å². The van der Waals surface area contributed by atoms with E-state index in [4.69, 9.17) is 11.6 Å². The van der Waals surface area contributed by atoms with Crippen LogP contribution < -0.4 is 21.4 Å². The lowest BCUT2D eigenvalue weighted by Gasteiger charge is -1.97. The summed E-state index contributed by atoms with van der Waals surface area (Å²) < 4.78 is 2.10. The maximum atomic E-state index is 5.96. The van der Waals surface area contributed by atoms with Gasteiger partial charge in [0.25, 0.3) is 0 Å². The zero-order valence-electron chi connectivity index (χ0n) is 8.40. The van der Waals surface area contributed by atoms with Crippen molar-refractivity contribution in [2.75, 3.05) is 0 Å². The van der Waals surface area contributed by atoms with Crippen LogP contribution in [0.4, 0.5) is 0 Å². The van der Waals surface area contributed by atoms with Gasteiger partial charge in [-0.1, -0.05) is 17.7 Å². The Hall–Kier alpha value is -1.12. The molecule has 80 valence electrons. The molecule has 0 fully saturated rings. The summed E-state index contributed by atoms with van der Waals surface area (Å²) in [4.78, 5) is 0. The van der Waals surface area contributed by atoms with Gasteiger partial charge in [0.15, 0.2) is 12.4 Å². The summed E-state index contributed by atoms with van der Waals surface area (Å²) >= 11 is 5.96. The van der Waals surface area contributed by atoms with Crippen molar-refractivity contribution in [1.82, 2.24) is 0 Å². The van der Waals surface area contributed by atoms with E-state index in [1.54, 1.807) is 0 Å². The molecule has 0 N–H and O–H groups in total. The first-order valence-corrected chi connectivity index (χ1v) is 5.20. The number of hydrogen-bond donors (Lipinski definition) is 0. The molecule has 0 bridgehead atoms. The monoisotopic (exact) mass is 293 g/mol. The second-order valence-corrected chi connectivity index (χ2v) is 4.02. The highest BCUT2D eigenvalue weighted by molar-refractivity contribution is 6.31. The molecule has 0 aliphatic rings. The summed E-state index contributed by atoms with van der Waals surface area (Å²) in [6.45, 7) is 0. The van der Waals surface area contributed by atoms with E-state index in [0.717, 1.165) is 10.4 Å². The lowest BCUT2D eigenvalue weighted by atomic mass is 10.1. The quantitative estimate of drug-likeness (QED) is 0.413. The fraction of sp³-hybridized carbons (Fsp3) is 0. The van der Waals surface area contributed by atoms with Crippen LogP contribution in [-0.2, 0) is 0 Å². The average Bonchev–Trinajstić information content (AvgIpc) is 2.26. The van der Waals surface area contributed by atoms with Crippen molar-refractivity contribution in [3.05, 3.63) is 59.9 Å². The smallest absolute Gasteiger partial charge is 0.211 e. The predicted octanol–water partition coefficient (Wildman–Crippen LogP) is 0.236. The van der Waals surface area contributed by atoms with Crippen molar-refractivity contribution >= 4 is 27.9 Å². The van der Waals surface area contributed by atoms with Crippen LogP contribution in [0.3, 0.4) is 0 Å². The highest BCUT2D eigenvalue weighted by atomic mass is 79.9. The largest absolute Gasteiger partial charge is 1.00 e. The van der Waals surface area contributed by atoms with E-state index in [2.05, 4.69) is 22.7 Å². The molecule has 0 radical (unpaired) electrons. The number of nitrogens with zero attached hydrogens (tertiary/aromatic N) is 1. The van der Waals surface area contributed by atoms with Gasteiger partial charge in [0.05, 0.1) is 0 Å². The first-order valence-electron chi connectivity index (χ1n) is 4.82. The second-order valence-electron chi connectivity index (χ2n) is 3.58. The van der Waals surface area contributed by atoms with Crippen molar-refractivity contribution in [3.8, 4) is 0 Å². The molecule has 3 rings (SSSR count). The Bertz CT molecular complexity index is 652. The Morgan fingerprint density at radius 1 is 0.938 bits per heavy atom. The van der Waals surface area contributed by atoms with Gasteiger partial charge in [0, 0.05) is 28.6 Å². The Kier molecular flexibility index (Phi) is 3.13. The Morgan fingerprint density at radius 3 is 2.69 bits per heavy atom. The number of pyridine rings is 2. The summed E-state index contributed by atoms with van der Waals surface area (Å²) in [5.41, 5.74) is 1.19. The topological polar surface area (TPSA) is 4.10 Å². The lowest BCUT2D eigenvalue weighted by molar-refractivity contribution is -0.510. The molecule has 3 aromatic rings.